The number of nitriles is 2. The first kappa shape index (κ1) is 28.2. The van der Waals surface area contributed by atoms with Gasteiger partial charge in [-0.05, 0) is 59.7 Å². The molecule has 0 aliphatic heterocycles. The average molecular weight is 643 g/mol. The molecule has 208 valence electrons. The monoisotopic (exact) mass is 642 g/mol. The van der Waals surface area contributed by atoms with Crippen molar-refractivity contribution >= 4 is 96.8 Å². The van der Waals surface area contributed by atoms with Gasteiger partial charge in [0.1, 0.15) is 0 Å². The number of halogens is 6. The molecule has 0 aliphatic carbocycles. The molecule has 0 radical (unpaired) electrons. The molecule has 2 nitrogen and oxygen atoms in total. The zero-order valence-corrected chi connectivity index (χ0v) is 24.0. The maximum atomic E-state index is 12.9. The van der Waals surface area contributed by atoms with Crippen molar-refractivity contribution in [1.82, 2.24) is 0 Å². The molecule has 6 aromatic rings. The van der Waals surface area contributed by atoms with Crippen LogP contribution < -0.4 is 0 Å². The molecule has 0 bridgehead atoms. The fraction of sp³-hybridized carbons (Fsp3) is 0.0667. The lowest BCUT2D eigenvalue weighted by Gasteiger charge is -2.07. The molecule has 0 spiro atoms. The predicted molar refractivity (Wildman–Crippen MR) is 160 cm³/mol. The van der Waals surface area contributed by atoms with Crippen LogP contribution in [0.2, 0.25) is 0 Å². The van der Waals surface area contributed by atoms with Gasteiger partial charge in [-0.2, -0.15) is 36.9 Å². The summed E-state index contributed by atoms with van der Waals surface area (Å²) < 4.78 is 83.7. The summed E-state index contributed by atoms with van der Waals surface area (Å²) >= 11 is 6.19. The van der Waals surface area contributed by atoms with Gasteiger partial charge in [-0.3, -0.25) is 0 Å². The third-order valence-corrected chi connectivity index (χ3v) is 11.5. The van der Waals surface area contributed by atoms with E-state index in [0.717, 1.165) is 62.2 Å². The van der Waals surface area contributed by atoms with Crippen LogP contribution in [0.25, 0.3) is 51.5 Å². The van der Waals surface area contributed by atoms with Crippen molar-refractivity contribution < 1.29 is 26.3 Å². The Labute approximate surface area is 249 Å². The van der Waals surface area contributed by atoms with Crippen LogP contribution in [-0.2, 0) is 12.4 Å². The first-order valence-corrected chi connectivity index (χ1v) is 15.2. The summed E-state index contributed by atoms with van der Waals surface area (Å²) in [5.41, 5.74) is -0.224. The zero-order chi connectivity index (χ0) is 29.8. The molecule has 0 unspecified atom stereocenters. The van der Waals surface area contributed by atoms with E-state index in [1.165, 1.54) is 46.9 Å². The number of fused-ring (bicyclic) bond motifs is 5. The Balaban J connectivity index is 1.31. The number of benzene rings is 2. The highest BCUT2D eigenvalue weighted by Crippen LogP contribution is 2.50. The van der Waals surface area contributed by atoms with Gasteiger partial charge in [0.05, 0.1) is 53.2 Å². The smallest absolute Gasteiger partial charge is 0.192 e. The second kappa shape index (κ2) is 10.4. The molecule has 0 aliphatic rings. The number of alkyl halides is 6. The van der Waals surface area contributed by atoms with Crippen molar-refractivity contribution in [1.29, 1.82) is 10.5 Å². The maximum absolute atomic E-state index is 12.9. The topological polar surface area (TPSA) is 47.6 Å². The molecule has 42 heavy (non-hydrogen) atoms. The number of hydrogen-bond donors (Lipinski definition) is 0. The molecule has 0 amide bonds. The van der Waals surface area contributed by atoms with E-state index in [4.69, 9.17) is 0 Å². The third kappa shape index (κ3) is 5.23. The van der Waals surface area contributed by atoms with Gasteiger partial charge in [0.2, 0.25) is 0 Å². The highest BCUT2D eigenvalue weighted by Gasteiger charge is 2.31. The third-order valence-electron chi connectivity index (χ3n) is 6.34. The van der Waals surface area contributed by atoms with E-state index in [-0.39, 0.29) is 11.1 Å². The molecule has 0 atom stereocenters. The van der Waals surface area contributed by atoms with Crippen molar-refractivity contribution in [3.05, 3.63) is 92.7 Å². The maximum Gasteiger partial charge on any atom is 0.416 e. The SMILES string of the molecule is N#C/C(=C\c1cc2sc3c4sc(/C=C(\C#N)c5ccc(C(F)(F)F)cc5)cc4sc3c2s1)c1ccc(C(F)(F)F)cc1. The molecule has 0 saturated heterocycles. The van der Waals surface area contributed by atoms with Crippen LogP contribution in [0.5, 0.6) is 0 Å². The van der Waals surface area contributed by atoms with Crippen LogP contribution in [-0.4, -0.2) is 0 Å². The van der Waals surface area contributed by atoms with Crippen molar-refractivity contribution in [2.75, 3.05) is 0 Å². The van der Waals surface area contributed by atoms with E-state index < -0.39 is 23.5 Å². The minimum Gasteiger partial charge on any atom is -0.192 e. The molecule has 4 aromatic heterocycles. The van der Waals surface area contributed by atoms with E-state index >= 15 is 0 Å². The minimum atomic E-state index is -4.45. The Hall–Kier alpha value is -3.94. The second-order valence-electron chi connectivity index (χ2n) is 9.04. The lowest BCUT2D eigenvalue weighted by Crippen LogP contribution is -2.04. The quantitative estimate of drug-likeness (QED) is 0.142. The molecule has 0 saturated carbocycles. The summed E-state index contributed by atoms with van der Waals surface area (Å²) in [7, 11) is 0. The Morgan fingerprint density at radius 1 is 0.548 bits per heavy atom. The van der Waals surface area contributed by atoms with Crippen LogP contribution in [0.4, 0.5) is 26.3 Å². The average Bonchev–Trinajstić information content (AvgIpc) is 3.68. The van der Waals surface area contributed by atoms with Crippen molar-refractivity contribution in [3.63, 3.8) is 0 Å². The minimum absolute atomic E-state index is 0.263. The van der Waals surface area contributed by atoms with Crippen LogP contribution in [0.1, 0.15) is 32.0 Å². The van der Waals surface area contributed by atoms with Gasteiger partial charge in [0.25, 0.3) is 0 Å². The fourth-order valence-electron chi connectivity index (χ4n) is 4.33. The number of thiophene rings is 4. The van der Waals surface area contributed by atoms with Gasteiger partial charge >= 0.3 is 12.4 Å². The summed E-state index contributed by atoms with van der Waals surface area (Å²) in [6.07, 6.45) is -5.55. The number of hydrogen-bond acceptors (Lipinski definition) is 6. The van der Waals surface area contributed by atoms with Gasteiger partial charge in [0, 0.05) is 19.2 Å². The molecular weight excluding hydrogens is 631 g/mol. The fourth-order valence-corrected chi connectivity index (χ4v) is 9.87. The van der Waals surface area contributed by atoms with Crippen molar-refractivity contribution in [2.24, 2.45) is 0 Å². The summed E-state index contributed by atoms with van der Waals surface area (Å²) in [6, 6.07) is 17.1. The van der Waals surface area contributed by atoms with E-state index in [2.05, 4.69) is 12.1 Å². The second-order valence-corrected chi connectivity index (χ2v) is 13.3. The molecule has 6 rings (SSSR count). The van der Waals surface area contributed by atoms with E-state index in [1.54, 1.807) is 34.8 Å². The van der Waals surface area contributed by atoms with Gasteiger partial charge in [-0.25, -0.2) is 0 Å². The molecular formula is C30H12F6N2S4. The summed E-state index contributed by atoms with van der Waals surface area (Å²) in [5, 5.41) is 19.3. The molecule has 12 heteroatoms. The predicted octanol–water partition coefficient (Wildman–Crippen LogP) is 11.6. The lowest BCUT2D eigenvalue weighted by atomic mass is 10.0. The normalized spacial score (nSPS) is 13.2. The summed E-state index contributed by atoms with van der Waals surface area (Å²) in [6.45, 7) is 0. The van der Waals surface area contributed by atoms with Crippen LogP contribution in [0, 0.1) is 22.7 Å². The Morgan fingerprint density at radius 3 is 1.21 bits per heavy atom. The van der Waals surface area contributed by atoms with Gasteiger partial charge < -0.3 is 0 Å². The zero-order valence-electron chi connectivity index (χ0n) is 20.7. The largest absolute Gasteiger partial charge is 0.416 e. The first-order chi connectivity index (χ1) is 19.9. The Bertz CT molecular complexity index is 1960. The highest BCUT2D eigenvalue weighted by molar-refractivity contribution is 7.44. The summed E-state index contributed by atoms with van der Waals surface area (Å²) in [4.78, 5) is 1.62. The molecule has 4 heterocycles. The standard InChI is InChI=1S/C30H12F6N2S4/c31-29(32,33)19-5-1-15(2-6-19)17(13-37)9-21-11-23-25(39-21)27-28(41-23)26-24(42-27)12-22(40-26)10-18(14-38)16-3-7-20(8-4-16)30(34,35)36/h1-12H/b17-9+,18-10+. The van der Waals surface area contributed by atoms with Crippen molar-refractivity contribution in [3.8, 4) is 12.1 Å². The first-order valence-electron chi connectivity index (χ1n) is 11.9. The molecule has 0 N–H and O–H groups in total. The highest BCUT2D eigenvalue weighted by atomic mass is 32.1. The Morgan fingerprint density at radius 2 is 0.905 bits per heavy atom. The number of rotatable bonds is 4. The Kier molecular flexibility index (Phi) is 6.98. The van der Waals surface area contributed by atoms with Gasteiger partial charge in [-0.1, -0.05) is 24.3 Å². The van der Waals surface area contributed by atoms with Crippen LogP contribution in [0.3, 0.4) is 0 Å². The molecule has 0 fully saturated rings. The van der Waals surface area contributed by atoms with Crippen LogP contribution >= 0.6 is 45.3 Å². The van der Waals surface area contributed by atoms with Gasteiger partial charge in [0.15, 0.2) is 0 Å². The van der Waals surface area contributed by atoms with Gasteiger partial charge in [-0.15, -0.1) is 45.3 Å². The van der Waals surface area contributed by atoms with Crippen LogP contribution in [0.15, 0.2) is 60.7 Å². The van der Waals surface area contributed by atoms with E-state index in [1.807, 2.05) is 12.1 Å². The molecule has 2 aromatic carbocycles. The van der Waals surface area contributed by atoms with E-state index in [9.17, 15) is 36.9 Å². The lowest BCUT2D eigenvalue weighted by molar-refractivity contribution is -0.138. The number of allylic oxidation sites excluding steroid dienone is 2. The van der Waals surface area contributed by atoms with Crippen molar-refractivity contribution in [2.45, 2.75) is 12.4 Å². The number of nitrogens with zero attached hydrogens (tertiary/aromatic N) is 2. The van der Waals surface area contributed by atoms with E-state index in [0.29, 0.717) is 11.1 Å². The summed E-state index contributed by atoms with van der Waals surface area (Å²) in [5.74, 6) is 0.